The highest BCUT2D eigenvalue weighted by molar-refractivity contribution is 5.72. The van der Waals surface area contributed by atoms with Crippen molar-refractivity contribution >= 4 is 11.4 Å². The van der Waals surface area contributed by atoms with E-state index in [9.17, 15) is 5.11 Å². The molecule has 1 fully saturated rings. The summed E-state index contributed by atoms with van der Waals surface area (Å²) in [7, 11) is 0. The number of para-hydroxylation sites is 2. The molecule has 0 saturated heterocycles. The van der Waals surface area contributed by atoms with Crippen LogP contribution < -0.4 is 4.90 Å². The normalized spacial score (nSPS) is 23.3. The summed E-state index contributed by atoms with van der Waals surface area (Å²) in [6.45, 7) is 0.544. The molecule has 148 valence electrons. The summed E-state index contributed by atoms with van der Waals surface area (Å²) < 4.78 is 6.15. The molecule has 0 bridgehead atoms. The maximum absolute atomic E-state index is 11.3. The van der Waals surface area contributed by atoms with Crippen LogP contribution in [0.25, 0.3) is 0 Å². The lowest BCUT2D eigenvalue weighted by molar-refractivity contribution is -0.0312. The molecule has 1 saturated carbocycles. The monoisotopic (exact) mass is 385 g/mol. The average molecular weight is 386 g/mol. The van der Waals surface area contributed by atoms with Crippen LogP contribution in [0, 0.1) is 0 Å². The van der Waals surface area contributed by atoms with Crippen molar-refractivity contribution in [2.24, 2.45) is 0 Å². The largest absolute Gasteiger partial charge is 0.388 e. The number of hydrogen-bond donors (Lipinski definition) is 1. The summed E-state index contributed by atoms with van der Waals surface area (Å²) >= 11 is 0. The lowest BCUT2D eigenvalue weighted by atomic mass is 10.0. The van der Waals surface area contributed by atoms with E-state index in [2.05, 4.69) is 65.6 Å². The maximum Gasteiger partial charge on any atom is 0.101 e. The van der Waals surface area contributed by atoms with E-state index in [0.717, 1.165) is 31.2 Å². The Hall–Kier alpha value is -2.62. The van der Waals surface area contributed by atoms with Crippen molar-refractivity contribution in [3.05, 3.63) is 95.6 Å². The first kappa shape index (κ1) is 18.4. The third-order valence-corrected chi connectivity index (χ3v) is 6.33. The lowest BCUT2D eigenvalue weighted by Gasteiger charge is -2.35. The van der Waals surface area contributed by atoms with E-state index in [1.54, 1.807) is 0 Å². The predicted octanol–water partition coefficient (Wildman–Crippen LogP) is 5.03. The summed E-state index contributed by atoms with van der Waals surface area (Å²) in [5.74, 6) is 0. The van der Waals surface area contributed by atoms with Crippen LogP contribution in [0.15, 0.2) is 78.9 Å². The molecule has 29 heavy (non-hydrogen) atoms. The fourth-order valence-corrected chi connectivity index (χ4v) is 4.84. The third-order valence-electron chi connectivity index (χ3n) is 6.33. The van der Waals surface area contributed by atoms with Gasteiger partial charge in [0.05, 0.1) is 18.8 Å². The molecule has 0 aromatic heterocycles. The number of rotatable bonds is 4. The number of aliphatic hydroxyl groups is 1. The molecule has 3 aromatic rings. The van der Waals surface area contributed by atoms with E-state index in [-0.39, 0.29) is 12.1 Å². The Balaban J connectivity index is 1.43. The van der Waals surface area contributed by atoms with Crippen LogP contribution in [0.4, 0.5) is 11.4 Å². The molecule has 0 radical (unpaired) electrons. The van der Waals surface area contributed by atoms with Crippen LogP contribution in [0.1, 0.15) is 29.5 Å². The molecule has 3 nitrogen and oxygen atoms in total. The molecule has 0 amide bonds. The quantitative estimate of drug-likeness (QED) is 0.684. The second kappa shape index (κ2) is 8.02. The Kier molecular flexibility index (Phi) is 5.09. The van der Waals surface area contributed by atoms with Gasteiger partial charge in [0.1, 0.15) is 6.10 Å². The van der Waals surface area contributed by atoms with Crippen molar-refractivity contribution in [2.45, 2.75) is 50.5 Å². The minimum atomic E-state index is -0.516. The van der Waals surface area contributed by atoms with Gasteiger partial charge in [0.15, 0.2) is 0 Å². The zero-order chi connectivity index (χ0) is 19.6. The SMILES string of the molecule is O[C@H]1[C@H](N2c3ccccc3CCc3ccccc32)CC[C@H]1OCc1ccccc1. The zero-order valence-electron chi connectivity index (χ0n) is 16.6. The predicted molar refractivity (Wildman–Crippen MR) is 116 cm³/mol. The molecule has 3 atom stereocenters. The topological polar surface area (TPSA) is 32.7 Å². The van der Waals surface area contributed by atoms with Gasteiger partial charge in [-0.1, -0.05) is 66.7 Å². The van der Waals surface area contributed by atoms with Gasteiger partial charge in [0.25, 0.3) is 0 Å². The molecule has 2 aliphatic rings. The van der Waals surface area contributed by atoms with Crippen LogP contribution in [0.5, 0.6) is 0 Å². The Labute approximate surface area is 172 Å². The van der Waals surface area contributed by atoms with Crippen molar-refractivity contribution < 1.29 is 9.84 Å². The molecular formula is C26H27NO2. The summed E-state index contributed by atoms with van der Waals surface area (Å²) in [6.07, 6.45) is 3.20. The summed E-state index contributed by atoms with van der Waals surface area (Å²) in [6, 6.07) is 27.5. The number of aryl methyl sites for hydroxylation is 2. The standard InChI is InChI=1S/C26H27NO2/c28-26-24(16-17-25(26)29-18-19-8-2-1-3-9-19)27-22-12-6-4-10-20(22)14-15-21-11-5-7-13-23(21)27/h1-13,24-26,28H,14-18H2/t24-,25-,26+/m1/s1. The highest BCUT2D eigenvalue weighted by Crippen LogP contribution is 2.42. The van der Waals surface area contributed by atoms with Crippen LogP contribution in [0.3, 0.4) is 0 Å². The second-order valence-electron chi connectivity index (χ2n) is 8.10. The molecule has 1 heterocycles. The highest BCUT2D eigenvalue weighted by Gasteiger charge is 2.41. The Morgan fingerprint density at radius 1 is 0.759 bits per heavy atom. The van der Waals surface area contributed by atoms with Crippen LogP contribution in [0.2, 0.25) is 0 Å². The first-order valence-corrected chi connectivity index (χ1v) is 10.6. The Bertz CT molecular complexity index is 924. The molecule has 1 aliphatic carbocycles. The first-order valence-electron chi connectivity index (χ1n) is 10.6. The van der Waals surface area contributed by atoms with E-state index in [1.807, 2.05) is 18.2 Å². The van der Waals surface area contributed by atoms with Crippen molar-refractivity contribution in [1.29, 1.82) is 0 Å². The third kappa shape index (κ3) is 3.57. The maximum atomic E-state index is 11.3. The van der Waals surface area contributed by atoms with Gasteiger partial charge < -0.3 is 14.7 Å². The first-order chi connectivity index (χ1) is 14.3. The van der Waals surface area contributed by atoms with Gasteiger partial charge in [-0.3, -0.25) is 0 Å². The number of fused-ring (bicyclic) bond motifs is 2. The van der Waals surface area contributed by atoms with Crippen LogP contribution >= 0.6 is 0 Å². The number of ether oxygens (including phenoxy) is 1. The van der Waals surface area contributed by atoms with Gasteiger partial charge in [-0.25, -0.2) is 0 Å². The summed E-state index contributed by atoms with van der Waals surface area (Å²) in [4.78, 5) is 2.38. The highest BCUT2D eigenvalue weighted by atomic mass is 16.5. The zero-order valence-corrected chi connectivity index (χ0v) is 16.6. The van der Waals surface area contributed by atoms with Gasteiger partial charge in [-0.2, -0.15) is 0 Å². The number of nitrogens with zero attached hydrogens (tertiary/aromatic N) is 1. The van der Waals surface area contributed by atoms with E-state index >= 15 is 0 Å². The molecular weight excluding hydrogens is 358 g/mol. The minimum Gasteiger partial charge on any atom is -0.388 e. The van der Waals surface area contributed by atoms with Crippen LogP contribution in [-0.2, 0) is 24.2 Å². The van der Waals surface area contributed by atoms with E-state index < -0.39 is 6.10 Å². The summed E-state index contributed by atoms with van der Waals surface area (Å²) in [5, 5.41) is 11.3. The Morgan fingerprint density at radius 3 is 2.00 bits per heavy atom. The van der Waals surface area contributed by atoms with Crippen LogP contribution in [-0.4, -0.2) is 23.4 Å². The van der Waals surface area contributed by atoms with Crippen molar-refractivity contribution in [3.63, 3.8) is 0 Å². The van der Waals surface area contributed by atoms with Crippen molar-refractivity contribution in [1.82, 2.24) is 0 Å². The molecule has 3 heteroatoms. The molecule has 0 unspecified atom stereocenters. The molecule has 3 aromatic carbocycles. The lowest BCUT2D eigenvalue weighted by Crippen LogP contribution is -2.42. The fraction of sp³-hybridized carbons (Fsp3) is 0.308. The van der Waals surface area contributed by atoms with Gasteiger partial charge >= 0.3 is 0 Å². The number of anilines is 2. The molecule has 1 aliphatic heterocycles. The van der Waals surface area contributed by atoms with Gasteiger partial charge in [0.2, 0.25) is 0 Å². The number of benzene rings is 3. The second-order valence-corrected chi connectivity index (χ2v) is 8.10. The van der Waals surface area contributed by atoms with Crippen molar-refractivity contribution in [2.75, 3.05) is 4.90 Å². The summed E-state index contributed by atoms with van der Waals surface area (Å²) in [5.41, 5.74) is 6.30. The molecule has 0 spiro atoms. The van der Waals surface area contributed by atoms with E-state index in [0.29, 0.717) is 6.61 Å². The minimum absolute atomic E-state index is 0.0242. The van der Waals surface area contributed by atoms with E-state index in [1.165, 1.54) is 22.5 Å². The fourth-order valence-electron chi connectivity index (χ4n) is 4.84. The van der Waals surface area contributed by atoms with E-state index in [4.69, 9.17) is 4.74 Å². The Morgan fingerprint density at radius 2 is 1.34 bits per heavy atom. The molecule has 5 rings (SSSR count). The number of hydrogen-bond acceptors (Lipinski definition) is 3. The van der Waals surface area contributed by atoms with Crippen molar-refractivity contribution in [3.8, 4) is 0 Å². The van der Waals surface area contributed by atoms with Gasteiger partial charge in [-0.05, 0) is 54.5 Å². The number of aliphatic hydroxyl groups excluding tert-OH is 1. The van der Waals surface area contributed by atoms with Gasteiger partial charge in [-0.15, -0.1) is 0 Å². The molecule has 1 N–H and O–H groups in total. The van der Waals surface area contributed by atoms with Gasteiger partial charge in [0, 0.05) is 11.4 Å². The average Bonchev–Trinajstić information content (AvgIpc) is 3.04. The smallest absolute Gasteiger partial charge is 0.101 e.